The number of allylic oxidation sites excluding steroid dienone is 4. The van der Waals surface area contributed by atoms with Crippen molar-refractivity contribution in [1.29, 1.82) is 0 Å². The van der Waals surface area contributed by atoms with E-state index in [9.17, 15) is 0 Å². The van der Waals surface area contributed by atoms with Crippen molar-refractivity contribution >= 4 is 11.3 Å². The van der Waals surface area contributed by atoms with Gasteiger partial charge >= 0.3 is 0 Å². The molecule has 2 aliphatic rings. The minimum Gasteiger partial charge on any atom is -0.490 e. The van der Waals surface area contributed by atoms with Crippen LogP contribution in [0.5, 0.6) is 5.75 Å². The number of nitrogens with one attached hydrogen (secondary N) is 1. The van der Waals surface area contributed by atoms with Gasteiger partial charge in [0.25, 0.3) is 0 Å². The summed E-state index contributed by atoms with van der Waals surface area (Å²) in [6, 6.07) is 6.20. The van der Waals surface area contributed by atoms with E-state index in [-0.39, 0.29) is 0 Å². The standard InChI is InChI=1S/C19H22N2O2.C2H6/c1-20-11-5-6-12-23-14-9-10-16-15-7-3-4-8-17(15)19(21-22-2)18(16)13-14;1-2/h3,5-7,9-10,13,20H,4,8,11-12H2,1-2H3;1-2H3/b6-5-,21-19-;. The number of rotatable bonds is 6. The maximum absolute atomic E-state index is 5.81. The molecule has 2 aliphatic carbocycles. The molecule has 0 unspecified atom stereocenters. The second kappa shape index (κ2) is 9.84. The molecule has 0 amide bonds. The van der Waals surface area contributed by atoms with Gasteiger partial charge in [-0.3, -0.25) is 0 Å². The Morgan fingerprint density at radius 2 is 2.04 bits per heavy atom. The fourth-order valence-corrected chi connectivity index (χ4v) is 2.98. The molecule has 0 radical (unpaired) electrons. The minimum absolute atomic E-state index is 0.560. The lowest BCUT2D eigenvalue weighted by atomic mass is 9.97. The van der Waals surface area contributed by atoms with E-state index in [1.165, 1.54) is 16.7 Å². The Hall–Kier alpha value is -2.33. The van der Waals surface area contributed by atoms with E-state index in [0.29, 0.717) is 6.61 Å². The van der Waals surface area contributed by atoms with Crippen molar-refractivity contribution in [2.24, 2.45) is 5.16 Å². The van der Waals surface area contributed by atoms with Crippen LogP contribution in [-0.2, 0) is 4.84 Å². The van der Waals surface area contributed by atoms with Gasteiger partial charge in [-0.05, 0) is 48.7 Å². The molecule has 0 spiro atoms. The molecular weight excluding hydrogens is 312 g/mol. The molecule has 1 N–H and O–H groups in total. The number of hydrogen-bond acceptors (Lipinski definition) is 4. The third kappa shape index (κ3) is 4.40. The van der Waals surface area contributed by atoms with E-state index in [1.807, 2.05) is 33.0 Å². The van der Waals surface area contributed by atoms with Crippen molar-refractivity contribution in [2.45, 2.75) is 26.7 Å². The number of ether oxygens (including phenoxy) is 1. The number of likely N-dealkylation sites (N-methyl/N-ethyl adjacent to an activating group) is 1. The first-order valence-electron chi connectivity index (χ1n) is 8.93. The summed E-state index contributed by atoms with van der Waals surface area (Å²) in [6.45, 7) is 5.41. The summed E-state index contributed by atoms with van der Waals surface area (Å²) in [5, 5.41) is 7.32. The van der Waals surface area contributed by atoms with Crippen molar-refractivity contribution < 1.29 is 9.57 Å². The van der Waals surface area contributed by atoms with Crippen molar-refractivity contribution in [3.8, 4) is 5.75 Å². The summed E-state index contributed by atoms with van der Waals surface area (Å²) in [5.41, 5.74) is 5.79. The maximum Gasteiger partial charge on any atom is 0.120 e. The van der Waals surface area contributed by atoms with Crippen LogP contribution in [0.15, 0.2) is 53.2 Å². The van der Waals surface area contributed by atoms with Crippen LogP contribution < -0.4 is 10.1 Å². The Bertz CT molecular complexity index is 700. The first kappa shape index (κ1) is 19.0. The van der Waals surface area contributed by atoms with Gasteiger partial charge in [-0.1, -0.05) is 49.4 Å². The Morgan fingerprint density at radius 3 is 2.80 bits per heavy atom. The minimum atomic E-state index is 0.560. The molecule has 4 nitrogen and oxygen atoms in total. The predicted molar refractivity (Wildman–Crippen MR) is 105 cm³/mol. The topological polar surface area (TPSA) is 42.8 Å². The highest BCUT2D eigenvalue weighted by Crippen LogP contribution is 2.40. The first-order chi connectivity index (χ1) is 12.3. The summed E-state index contributed by atoms with van der Waals surface area (Å²) in [4.78, 5) is 5.07. The number of fused-ring (bicyclic) bond motifs is 2. The molecule has 0 heterocycles. The quantitative estimate of drug-likeness (QED) is 0.619. The Balaban J connectivity index is 0.00000109. The highest BCUT2D eigenvalue weighted by molar-refractivity contribution is 6.24. The second-order valence-electron chi connectivity index (χ2n) is 5.50. The van der Waals surface area contributed by atoms with Crippen molar-refractivity contribution in [3.05, 3.63) is 59.2 Å². The fraction of sp³-hybridized carbons (Fsp3) is 0.381. The first-order valence-corrected chi connectivity index (χ1v) is 8.93. The van der Waals surface area contributed by atoms with Crippen LogP contribution in [0.1, 0.15) is 37.8 Å². The normalized spacial score (nSPS) is 16.6. The van der Waals surface area contributed by atoms with Crippen molar-refractivity contribution in [1.82, 2.24) is 5.32 Å². The summed E-state index contributed by atoms with van der Waals surface area (Å²) in [5.74, 6) is 0.852. The highest BCUT2D eigenvalue weighted by Gasteiger charge is 2.28. The smallest absolute Gasteiger partial charge is 0.120 e. The Morgan fingerprint density at radius 1 is 1.20 bits per heavy atom. The molecule has 0 saturated carbocycles. The molecule has 0 saturated heterocycles. The summed E-state index contributed by atoms with van der Waals surface area (Å²) in [6.07, 6.45) is 10.5. The second-order valence-corrected chi connectivity index (χ2v) is 5.50. The molecule has 0 aliphatic heterocycles. The lowest BCUT2D eigenvalue weighted by Crippen LogP contribution is -2.05. The van der Waals surface area contributed by atoms with E-state index in [2.05, 4.69) is 40.8 Å². The van der Waals surface area contributed by atoms with Crippen molar-refractivity contribution in [2.75, 3.05) is 27.3 Å². The summed E-state index contributed by atoms with van der Waals surface area (Å²) < 4.78 is 5.81. The third-order valence-electron chi connectivity index (χ3n) is 4.01. The molecule has 0 atom stereocenters. The molecule has 1 aromatic rings. The van der Waals surface area contributed by atoms with Gasteiger partial charge in [0.2, 0.25) is 0 Å². The van der Waals surface area contributed by atoms with E-state index >= 15 is 0 Å². The van der Waals surface area contributed by atoms with Crippen LogP contribution in [0.3, 0.4) is 0 Å². The van der Waals surface area contributed by atoms with E-state index in [4.69, 9.17) is 9.57 Å². The fourth-order valence-electron chi connectivity index (χ4n) is 2.98. The lowest BCUT2D eigenvalue weighted by molar-refractivity contribution is 0.214. The highest BCUT2D eigenvalue weighted by atomic mass is 16.6. The van der Waals surface area contributed by atoms with Gasteiger partial charge in [0.05, 0.1) is 0 Å². The summed E-state index contributed by atoms with van der Waals surface area (Å²) >= 11 is 0. The zero-order valence-corrected chi connectivity index (χ0v) is 15.6. The van der Waals surface area contributed by atoms with Gasteiger partial charge in [0.1, 0.15) is 25.2 Å². The van der Waals surface area contributed by atoms with E-state index in [0.717, 1.165) is 36.4 Å². The zero-order chi connectivity index (χ0) is 18.1. The third-order valence-corrected chi connectivity index (χ3v) is 4.01. The van der Waals surface area contributed by atoms with Crippen LogP contribution in [0.2, 0.25) is 0 Å². The molecule has 1 aromatic carbocycles. The number of nitrogens with zero attached hydrogens (tertiary/aromatic N) is 1. The zero-order valence-electron chi connectivity index (χ0n) is 15.6. The molecule has 0 fully saturated rings. The van der Waals surface area contributed by atoms with Crippen LogP contribution in [0.25, 0.3) is 5.57 Å². The molecule has 134 valence electrons. The molecule has 3 rings (SSSR count). The molecule has 0 bridgehead atoms. The molecule has 25 heavy (non-hydrogen) atoms. The average molecular weight is 340 g/mol. The van der Waals surface area contributed by atoms with Gasteiger partial charge in [0, 0.05) is 12.1 Å². The van der Waals surface area contributed by atoms with Crippen LogP contribution in [0.4, 0.5) is 0 Å². The van der Waals surface area contributed by atoms with E-state index in [1.54, 1.807) is 7.11 Å². The SMILES string of the molecule is CC.CNC/C=C\COc1ccc2c(c1)/C(=N\OC)C1=C2C=CCC1. The predicted octanol–water partition coefficient (Wildman–Crippen LogP) is 4.33. The number of benzene rings is 1. The van der Waals surface area contributed by atoms with Gasteiger partial charge in [-0.2, -0.15) is 0 Å². The van der Waals surface area contributed by atoms with Gasteiger partial charge < -0.3 is 14.9 Å². The lowest BCUT2D eigenvalue weighted by Gasteiger charge is -2.08. The van der Waals surface area contributed by atoms with Crippen molar-refractivity contribution in [3.63, 3.8) is 0 Å². The average Bonchev–Trinajstić information content (AvgIpc) is 2.97. The largest absolute Gasteiger partial charge is 0.490 e. The van der Waals surface area contributed by atoms with Gasteiger partial charge in [-0.15, -0.1) is 0 Å². The maximum atomic E-state index is 5.81. The van der Waals surface area contributed by atoms with Gasteiger partial charge in [-0.25, -0.2) is 0 Å². The van der Waals surface area contributed by atoms with Crippen LogP contribution in [-0.4, -0.2) is 33.0 Å². The molecule has 0 aromatic heterocycles. The molecular formula is C21H28N2O2. The van der Waals surface area contributed by atoms with Gasteiger partial charge in [0.15, 0.2) is 0 Å². The van der Waals surface area contributed by atoms with E-state index < -0.39 is 0 Å². The monoisotopic (exact) mass is 340 g/mol. The number of hydrogen-bond donors (Lipinski definition) is 1. The Kier molecular flexibility index (Phi) is 7.48. The van der Waals surface area contributed by atoms with Crippen LogP contribution >= 0.6 is 0 Å². The van der Waals surface area contributed by atoms with Crippen LogP contribution in [0, 0.1) is 0 Å². The molecule has 4 heteroatoms. The number of oxime groups is 1. The Labute approximate surface area is 150 Å². The summed E-state index contributed by atoms with van der Waals surface area (Å²) in [7, 11) is 3.52.